The van der Waals surface area contributed by atoms with E-state index in [1.807, 2.05) is 6.92 Å². The van der Waals surface area contributed by atoms with E-state index in [-0.39, 0.29) is 53.2 Å². The van der Waals surface area contributed by atoms with Gasteiger partial charge < -0.3 is 30.6 Å². The molecule has 10 nitrogen and oxygen atoms in total. The fourth-order valence-electron chi connectivity index (χ4n) is 4.52. The van der Waals surface area contributed by atoms with E-state index in [1.54, 1.807) is 26.4 Å². The van der Waals surface area contributed by atoms with Crippen molar-refractivity contribution in [2.45, 2.75) is 43.7 Å². The number of carboxylic acid groups (broad SMARTS) is 1. The van der Waals surface area contributed by atoms with E-state index in [4.69, 9.17) is 0 Å². The van der Waals surface area contributed by atoms with Crippen LogP contribution < -0.4 is 10.6 Å². The SMILES string of the molecule is C[C@H]1C(S[C@@H]2CN[C@H](CS/C=C/C(=O)NCC(=O)N(C)C)C2)=C(C(=O)O)N2C(=O)[C@H]([C@@H](C)O)C12. The number of hydrogen-bond donors (Lipinski definition) is 4. The molecule has 3 aliphatic heterocycles. The molecule has 0 saturated carbocycles. The maximum atomic E-state index is 12.5. The highest BCUT2D eigenvalue weighted by molar-refractivity contribution is 8.03. The fourth-order valence-corrected chi connectivity index (χ4v) is 6.85. The highest BCUT2D eigenvalue weighted by atomic mass is 32.2. The van der Waals surface area contributed by atoms with Crippen LogP contribution in [0.5, 0.6) is 0 Å². The lowest BCUT2D eigenvalue weighted by atomic mass is 9.79. The van der Waals surface area contributed by atoms with Crippen molar-refractivity contribution in [2.24, 2.45) is 11.8 Å². The molecule has 0 aromatic carbocycles. The number of aliphatic hydroxyl groups excluding tert-OH is 1. The number of rotatable bonds is 10. The summed E-state index contributed by atoms with van der Waals surface area (Å²) >= 11 is 3.00. The standard InChI is InChI=1S/C22H32N4O6S2/c1-11-18-17(12(2)27)21(30)26(18)19(22(31)32)20(11)34-14-7-13(23-8-14)10-33-6-5-15(28)24-9-16(29)25(3)4/h5-6,11-14,17-18,23,27H,7-10H2,1-4H3,(H,24,28)(H,31,32)/b6-5+/t11-,12-,13+,14+,17-,18?/m1/s1. The Labute approximate surface area is 207 Å². The Kier molecular flexibility index (Phi) is 8.72. The van der Waals surface area contributed by atoms with Gasteiger partial charge in [0, 0.05) is 54.6 Å². The van der Waals surface area contributed by atoms with Crippen molar-refractivity contribution in [2.75, 3.05) is 32.9 Å². The van der Waals surface area contributed by atoms with Crippen LogP contribution in [-0.4, -0.2) is 100 Å². The van der Waals surface area contributed by atoms with Crippen molar-refractivity contribution < 1.29 is 29.4 Å². The number of aliphatic carboxylic acids is 1. The second-order valence-electron chi connectivity index (χ2n) is 8.99. The minimum absolute atomic E-state index is 0.0433. The number of fused-ring (bicyclic) bond motifs is 1. The van der Waals surface area contributed by atoms with Crippen LogP contribution in [0.3, 0.4) is 0 Å². The number of nitrogens with one attached hydrogen (secondary N) is 2. The number of thioether (sulfide) groups is 2. The largest absolute Gasteiger partial charge is 0.477 e. The number of amides is 3. The molecule has 2 saturated heterocycles. The lowest BCUT2D eigenvalue weighted by Gasteiger charge is -2.46. The first-order chi connectivity index (χ1) is 16.0. The van der Waals surface area contributed by atoms with Crippen molar-refractivity contribution in [3.05, 3.63) is 22.1 Å². The minimum atomic E-state index is -1.11. The smallest absolute Gasteiger partial charge is 0.353 e. The van der Waals surface area contributed by atoms with E-state index >= 15 is 0 Å². The van der Waals surface area contributed by atoms with Crippen molar-refractivity contribution in [3.8, 4) is 0 Å². The molecule has 0 bridgehead atoms. The number of β-lactam (4-membered cyclic amide) rings is 1. The molecular formula is C22H32N4O6S2. The quantitative estimate of drug-likeness (QED) is 0.236. The van der Waals surface area contributed by atoms with Gasteiger partial charge in [-0.1, -0.05) is 6.92 Å². The summed E-state index contributed by atoms with van der Waals surface area (Å²) in [6, 6.07) is -0.0916. The average molecular weight is 513 g/mol. The summed E-state index contributed by atoms with van der Waals surface area (Å²) in [5.41, 5.74) is 0.0592. The molecule has 12 heteroatoms. The monoisotopic (exact) mass is 512 g/mol. The summed E-state index contributed by atoms with van der Waals surface area (Å²) in [5.74, 6) is -1.88. The third-order valence-electron chi connectivity index (χ3n) is 6.31. The number of aliphatic hydroxyl groups is 1. The van der Waals surface area contributed by atoms with Gasteiger partial charge in [-0.15, -0.1) is 23.5 Å². The molecule has 0 aromatic heterocycles. The summed E-state index contributed by atoms with van der Waals surface area (Å²) in [4.78, 5) is 51.1. The predicted molar refractivity (Wildman–Crippen MR) is 131 cm³/mol. The summed E-state index contributed by atoms with van der Waals surface area (Å²) in [6.07, 6.45) is 1.42. The van der Waals surface area contributed by atoms with Crippen LogP contribution in [0.15, 0.2) is 22.1 Å². The van der Waals surface area contributed by atoms with Gasteiger partial charge in [0.25, 0.3) is 0 Å². The second kappa shape index (κ2) is 11.1. The van der Waals surface area contributed by atoms with Crippen LogP contribution >= 0.6 is 23.5 Å². The van der Waals surface area contributed by atoms with Crippen LogP contribution in [-0.2, 0) is 19.2 Å². The first-order valence-electron chi connectivity index (χ1n) is 11.2. The molecule has 0 aromatic rings. The van der Waals surface area contributed by atoms with Crippen molar-refractivity contribution in [1.82, 2.24) is 20.4 Å². The first kappa shape index (κ1) is 26.6. The molecule has 4 N–H and O–H groups in total. The van der Waals surface area contributed by atoms with Gasteiger partial charge in [0.2, 0.25) is 17.7 Å². The highest BCUT2D eigenvalue weighted by Crippen LogP contribution is 2.51. The average Bonchev–Trinajstić information content (AvgIpc) is 3.30. The Bertz CT molecular complexity index is 906. The number of carboxylic acids is 1. The minimum Gasteiger partial charge on any atom is -0.477 e. The topological polar surface area (TPSA) is 139 Å². The molecule has 1 unspecified atom stereocenters. The summed E-state index contributed by atoms with van der Waals surface area (Å²) in [7, 11) is 3.25. The Hall–Kier alpha value is -2.02. The highest BCUT2D eigenvalue weighted by Gasteiger charge is 2.60. The molecule has 3 amide bonds. The number of carbonyl (C=O) groups excluding carboxylic acids is 3. The van der Waals surface area contributed by atoms with Gasteiger partial charge >= 0.3 is 5.97 Å². The molecule has 0 spiro atoms. The van der Waals surface area contributed by atoms with E-state index in [1.165, 1.54) is 39.4 Å². The van der Waals surface area contributed by atoms with Gasteiger partial charge in [0.05, 0.1) is 24.6 Å². The number of likely N-dealkylation sites (N-methyl/N-ethyl adjacent to an activating group) is 1. The molecule has 3 heterocycles. The molecule has 0 radical (unpaired) electrons. The molecule has 6 atom stereocenters. The lowest BCUT2D eigenvalue weighted by molar-refractivity contribution is -0.163. The Morgan fingerprint density at radius 2 is 2.06 bits per heavy atom. The maximum Gasteiger partial charge on any atom is 0.353 e. The van der Waals surface area contributed by atoms with Gasteiger partial charge in [0.15, 0.2) is 0 Å². The van der Waals surface area contributed by atoms with Crippen LogP contribution in [0.4, 0.5) is 0 Å². The molecular weight excluding hydrogens is 480 g/mol. The van der Waals surface area contributed by atoms with Crippen LogP contribution in [0.25, 0.3) is 0 Å². The van der Waals surface area contributed by atoms with Crippen molar-refractivity contribution >= 4 is 47.2 Å². The number of carbonyl (C=O) groups is 4. The summed E-state index contributed by atoms with van der Waals surface area (Å²) < 4.78 is 0. The van der Waals surface area contributed by atoms with E-state index < -0.39 is 18.0 Å². The summed E-state index contributed by atoms with van der Waals surface area (Å²) in [6.45, 7) is 4.17. The zero-order chi connectivity index (χ0) is 25.2. The molecule has 2 fully saturated rings. The van der Waals surface area contributed by atoms with Gasteiger partial charge in [-0.2, -0.15) is 0 Å². The van der Waals surface area contributed by atoms with E-state index in [0.717, 1.165) is 12.2 Å². The third-order valence-corrected chi connectivity index (χ3v) is 8.75. The molecule has 0 aliphatic carbocycles. The van der Waals surface area contributed by atoms with Crippen molar-refractivity contribution in [3.63, 3.8) is 0 Å². The van der Waals surface area contributed by atoms with Gasteiger partial charge in [-0.05, 0) is 18.8 Å². The Balaban J connectivity index is 1.49. The molecule has 188 valence electrons. The van der Waals surface area contributed by atoms with E-state index in [2.05, 4.69) is 10.6 Å². The molecule has 3 rings (SSSR count). The van der Waals surface area contributed by atoms with Crippen LogP contribution in [0, 0.1) is 11.8 Å². The van der Waals surface area contributed by atoms with Gasteiger partial charge in [-0.3, -0.25) is 14.4 Å². The summed E-state index contributed by atoms with van der Waals surface area (Å²) in [5, 5.41) is 27.6. The van der Waals surface area contributed by atoms with Crippen molar-refractivity contribution in [1.29, 1.82) is 0 Å². The number of hydrogen-bond acceptors (Lipinski definition) is 8. The predicted octanol–water partition coefficient (Wildman–Crippen LogP) is 0.0551. The first-order valence-corrected chi connectivity index (χ1v) is 13.1. The Morgan fingerprint density at radius 3 is 2.68 bits per heavy atom. The lowest BCUT2D eigenvalue weighted by Crippen LogP contribution is -2.63. The van der Waals surface area contributed by atoms with E-state index in [9.17, 15) is 29.4 Å². The molecule has 34 heavy (non-hydrogen) atoms. The maximum absolute atomic E-state index is 12.5. The fraction of sp³-hybridized carbons (Fsp3) is 0.636. The normalized spacial score (nSPS) is 29.3. The zero-order valence-corrected chi connectivity index (χ0v) is 21.3. The second-order valence-corrected chi connectivity index (χ2v) is 11.3. The van der Waals surface area contributed by atoms with Crippen LogP contribution in [0.2, 0.25) is 0 Å². The third kappa shape index (κ3) is 5.61. The zero-order valence-electron chi connectivity index (χ0n) is 19.7. The van der Waals surface area contributed by atoms with E-state index in [0.29, 0.717) is 11.4 Å². The Morgan fingerprint density at radius 1 is 1.35 bits per heavy atom. The van der Waals surface area contributed by atoms with Gasteiger partial charge in [0.1, 0.15) is 5.70 Å². The van der Waals surface area contributed by atoms with Gasteiger partial charge in [-0.25, -0.2) is 4.79 Å². The van der Waals surface area contributed by atoms with Crippen LogP contribution in [0.1, 0.15) is 20.3 Å². The molecule has 3 aliphatic rings. The number of nitrogens with zero attached hydrogens (tertiary/aromatic N) is 2.